The fourth-order valence-corrected chi connectivity index (χ4v) is 1.78. The highest BCUT2D eigenvalue weighted by molar-refractivity contribution is 6.03. The van der Waals surface area contributed by atoms with Crippen molar-refractivity contribution >= 4 is 5.78 Å². The van der Waals surface area contributed by atoms with Gasteiger partial charge >= 0.3 is 0 Å². The summed E-state index contributed by atoms with van der Waals surface area (Å²) in [4.78, 5) is 11.8. The van der Waals surface area contributed by atoms with Crippen molar-refractivity contribution < 1.29 is 19.7 Å². The highest BCUT2D eigenvalue weighted by atomic mass is 16.5. The maximum atomic E-state index is 11.8. The molecule has 0 aromatic rings. The summed E-state index contributed by atoms with van der Waals surface area (Å²) in [5.74, 6) is 0.0199. The molecular weight excluding hydrogens is 220 g/mol. The molecule has 0 saturated heterocycles. The molecule has 4 heteroatoms. The number of allylic oxidation sites excluding steroid dienone is 1. The lowest BCUT2D eigenvalue weighted by molar-refractivity contribution is -0.128. The van der Waals surface area contributed by atoms with Crippen LogP contribution in [0.5, 0.6) is 0 Å². The predicted molar refractivity (Wildman–Crippen MR) is 64.3 cm³/mol. The molecule has 1 heterocycles. The van der Waals surface area contributed by atoms with Crippen LogP contribution in [0.1, 0.15) is 34.1 Å². The quantitative estimate of drug-likeness (QED) is 0.727. The van der Waals surface area contributed by atoms with Crippen molar-refractivity contribution in [2.24, 2.45) is 0 Å². The minimum absolute atomic E-state index is 0.154. The summed E-state index contributed by atoms with van der Waals surface area (Å²) < 4.78 is 5.42. The molecule has 0 unspecified atom stereocenters. The van der Waals surface area contributed by atoms with Gasteiger partial charge in [0.25, 0.3) is 0 Å². The van der Waals surface area contributed by atoms with Crippen LogP contribution in [0.3, 0.4) is 0 Å². The van der Waals surface area contributed by atoms with Crippen LogP contribution in [-0.4, -0.2) is 33.8 Å². The second kappa shape index (κ2) is 5.02. The Morgan fingerprint density at radius 2 is 2.00 bits per heavy atom. The molecule has 1 aliphatic heterocycles. The van der Waals surface area contributed by atoms with E-state index >= 15 is 0 Å². The third kappa shape index (κ3) is 2.76. The third-order valence-electron chi connectivity index (χ3n) is 2.78. The van der Waals surface area contributed by atoms with Crippen LogP contribution >= 0.6 is 0 Å². The normalized spacial score (nSPS) is 23.1. The number of hydrogen-bond acceptors (Lipinski definition) is 4. The van der Waals surface area contributed by atoms with Crippen molar-refractivity contribution in [1.82, 2.24) is 0 Å². The first-order valence-electron chi connectivity index (χ1n) is 5.78. The molecule has 0 aliphatic carbocycles. The first-order valence-corrected chi connectivity index (χ1v) is 5.78. The SMILES string of the molecule is CC/C=C\[C@@H](O)[C@@H](O)C1=C(C)C(=O)C(C)(C)O1. The van der Waals surface area contributed by atoms with Crippen LogP contribution in [0, 0.1) is 0 Å². The largest absolute Gasteiger partial charge is 0.481 e. The first kappa shape index (κ1) is 13.9. The van der Waals surface area contributed by atoms with E-state index in [0.29, 0.717) is 5.57 Å². The Balaban J connectivity index is 2.87. The number of aliphatic hydroxyl groups is 2. The molecule has 2 N–H and O–H groups in total. The third-order valence-corrected chi connectivity index (χ3v) is 2.78. The zero-order chi connectivity index (χ0) is 13.2. The summed E-state index contributed by atoms with van der Waals surface area (Å²) >= 11 is 0. The number of aliphatic hydroxyl groups excluding tert-OH is 2. The van der Waals surface area contributed by atoms with Gasteiger partial charge in [-0.3, -0.25) is 4.79 Å². The molecule has 0 bridgehead atoms. The Bertz CT molecular complexity index is 366. The summed E-state index contributed by atoms with van der Waals surface area (Å²) in [6.45, 7) is 6.82. The van der Waals surface area contributed by atoms with Crippen molar-refractivity contribution in [3.05, 3.63) is 23.5 Å². The molecule has 0 radical (unpaired) electrons. The van der Waals surface area contributed by atoms with Gasteiger partial charge in [-0.15, -0.1) is 0 Å². The number of carbonyl (C=O) groups is 1. The molecule has 0 fully saturated rings. The molecule has 0 aromatic heterocycles. The topological polar surface area (TPSA) is 66.8 Å². The molecule has 1 rings (SSSR count). The van der Waals surface area contributed by atoms with Gasteiger partial charge in [0.05, 0.1) is 0 Å². The Kier molecular flexibility index (Phi) is 4.11. The number of ketones is 1. The molecule has 0 spiro atoms. The van der Waals surface area contributed by atoms with E-state index < -0.39 is 17.8 Å². The van der Waals surface area contributed by atoms with Gasteiger partial charge in [-0.25, -0.2) is 0 Å². The molecule has 96 valence electrons. The number of ether oxygens (including phenoxy) is 1. The molecule has 17 heavy (non-hydrogen) atoms. The van der Waals surface area contributed by atoms with Crippen molar-refractivity contribution in [3.8, 4) is 0 Å². The Morgan fingerprint density at radius 1 is 1.41 bits per heavy atom. The van der Waals surface area contributed by atoms with E-state index in [9.17, 15) is 15.0 Å². The van der Waals surface area contributed by atoms with Crippen LogP contribution in [0.15, 0.2) is 23.5 Å². The number of hydrogen-bond donors (Lipinski definition) is 2. The second-order valence-corrected chi connectivity index (χ2v) is 4.70. The molecule has 2 atom stereocenters. The number of rotatable bonds is 4. The minimum Gasteiger partial charge on any atom is -0.481 e. The highest BCUT2D eigenvalue weighted by Gasteiger charge is 2.42. The van der Waals surface area contributed by atoms with E-state index in [-0.39, 0.29) is 11.5 Å². The van der Waals surface area contributed by atoms with Crippen molar-refractivity contribution in [3.63, 3.8) is 0 Å². The van der Waals surface area contributed by atoms with Crippen LogP contribution in [0.25, 0.3) is 0 Å². The van der Waals surface area contributed by atoms with E-state index in [1.165, 1.54) is 6.08 Å². The zero-order valence-corrected chi connectivity index (χ0v) is 10.7. The van der Waals surface area contributed by atoms with Gasteiger partial charge in [-0.2, -0.15) is 0 Å². The standard InChI is InChI=1S/C13H20O4/c1-5-6-7-9(14)10(15)11-8(2)12(16)13(3,4)17-11/h6-7,9-10,14-15H,5H2,1-4H3/b7-6-/t9-,10-/m1/s1. The van der Waals surface area contributed by atoms with Crippen LogP contribution in [-0.2, 0) is 9.53 Å². The van der Waals surface area contributed by atoms with Gasteiger partial charge in [0, 0.05) is 5.57 Å². The summed E-state index contributed by atoms with van der Waals surface area (Å²) in [7, 11) is 0. The summed E-state index contributed by atoms with van der Waals surface area (Å²) in [6.07, 6.45) is 1.79. The fourth-order valence-electron chi connectivity index (χ4n) is 1.78. The average molecular weight is 240 g/mol. The Morgan fingerprint density at radius 3 is 2.41 bits per heavy atom. The number of carbonyl (C=O) groups excluding carboxylic acids is 1. The van der Waals surface area contributed by atoms with Crippen LogP contribution < -0.4 is 0 Å². The van der Waals surface area contributed by atoms with E-state index in [1.54, 1.807) is 26.8 Å². The van der Waals surface area contributed by atoms with Gasteiger partial charge < -0.3 is 14.9 Å². The van der Waals surface area contributed by atoms with Crippen LogP contribution in [0.2, 0.25) is 0 Å². The molecule has 0 amide bonds. The lowest BCUT2D eigenvalue weighted by Crippen LogP contribution is -2.31. The maximum absolute atomic E-state index is 11.8. The van der Waals surface area contributed by atoms with Crippen LogP contribution in [0.4, 0.5) is 0 Å². The number of Topliss-reactive ketones (excluding diaryl/α,β-unsaturated/α-hetero) is 1. The lowest BCUT2D eigenvalue weighted by Gasteiger charge is -2.22. The van der Waals surface area contributed by atoms with Crippen molar-refractivity contribution in [2.45, 2.75) is 51.9 Å². The van der Waals surface area contributed by atoms with Gasteiger partial charge in [-0.1, -0.05) is 19.1 Å². The summed E-state index contributed by atoms with van der Waals surface area (Å²) in [5.41, 5.74) is -0.569. The van der Waals surface area contributed by atoms with E-state index in [1.807, 2.05) is 6.92 Å². The zero-order valence-electron chi connectivity index (χ0n) is 10.7. The monoisotopic (exact) mass is 240 g/mol. The van der Waals surface area contributed by atoms with Gasteiger partial charge in [0.1, 0.15) is 18.0 Å². The summed E-state index contributed by atoms with van der Waals surface area (Å²) in [6, 6.07) is 0. The highest BCUT2D eigenvalue weighted by Crippen LogP contribution is 2.32. The molecule has 4 nitrogen and oxygen atoms in total. The maximum Gasteiger partial charge on any atom is 0.204 e. The lowest BCUT2D eigenvalue weighted by atomic mass is 9.99. The Hall–Kier alpha value is -1.13. The minimum atomic E-state index is -1.19. The average Bonchev–Trinajstić information content (AvgIpc) is 2.48. The molecule has 0 saturated carbocycles. The van der Waals surface area contributed by atoms with Gasteiger partial charge in [0.2, 0.25) is 5.78 Å². The molecule has 0 aromatic carbocycles. The van der Waals surface area contributed by atoms with Crippen molar-refractivity contribution in [1.29, 1.82) is 0 Å². The second-order valence-electron chi connectivity index (χ2n) is 4.70. The fraction of sp³-hybridized carbons (Fsp3) is 0.615. The summed E-state index contributed by atoms with van der Waals surface area (Å²) in [5, 5.41) is 19.6. The first-order chi connectivity index (χ1) is 7.81. The van der Waals surface area contributed by atoms with Gasteiger partial charge in [-0.05, 0) is 27.2 Å². The van der Waals surface area contributed by atoms with E-state index in [2.05, 4.69) is 0 Å². The smallest absolute Gasteiger partial charge is 0.204 e. The molecule has 1 aliphatic rings. The molecular formula is C13H20O4. The Labute approximate surface area is 102 Å². The van der Waals surface area contributed by atoms with Gasteiger partial charge in [0.15, 0.2) is 5.60 Å². The van der Waals surface area contributed by atoms with Crippen molar-refractivity contribution in [2.75, 3.05) is 0 Å². The predicted octanol–water partition coefficient (Wildman–Crippen LogP) is 1.33. The van der Waals surface area contributed by atoms with E-state index in [0.717, 1.165) is 6.42 Å². The van der Waals surface area contributed by atoms with E-state index in [4.69, 9.17) is 4.74 Å².